The van der Waals surface area contributed by atoms with E-state index in [2.05, 4.69) is 10.6 Å². The van der Waals surface area contributed by atoms with E-state index >= 15 is 0 Å². The molecule has 0 aliphatic heterocycles. The monoisotopic (exact) mass is 284 g/mol. The molecule has 1 aliphatic carbocycles. The maximum absolute atomic E-state index is 12.0. The Hall–Kier alpha value is -1.59. The molecule has 3 unspecified atom stereocenters. The molecule has 20 heavy (non-hydrogen) atoms. The molecule has 0 aromatic carbocycles. The largest absolute Gasteiger partial charge is 0.481 e. The number of carbonyl (C=O) groups excluding carboxylic acids is 2. The standard InChI is InChI=1S/C14H24N2O4/c1-8(15-13(20)14(2,3)4)11(17)16-10-7-5-6-9(10)12(18)19/h8-10H,5-7H2,1-4H3,(H,15,20)(H,16,17)(H,18,19). The maximum atomic E-state index is 12.0. The Kier molecular flexibility index (Phi) is 5.14. The van der Waals surface area contributed by atoms with Gasteiger partial charge in [-0.3, -0.25) is 14.4 Å². The van der Waals surface area contributed by atoms with E-state index in [4.69, 9.17) is 5.11 Å². The molecular weight excluding hydrogens is 260 g/mol. The van der Waals surface area contributed by atoms with Gasteiger partial charge in [-0.05, 0) is 19.8 Å². The van der Waals surface area contributed by atoms with Gasteiger partial charge < -0.3 is 15.7 Å². The summed E-state index contributed by atoms with van der Waals surface area (Å²) in [6, 6.07) is -1.01. The molecule has 2 amide bonds. The van der Waals surface area contributed by atoms with Crippen LogP contribution in [-0.2, 0) is 14.4 Å². The third-order valence-corrected chi connectivity index (χ3v) is 3.58. The van der Waals surface area contributed by atoms with E-state index in [1.807, 2.05) is 0 Å². The fourth-order valence-electron chi connectivity index (χ4n) is 2.21. The van der Waals surface area contributed by atoms with E-state index in [-0.39, 0.29) is 17.9 Å². The van der Waals surface area contributed by atoms with Crippen LogP contribution in [0.25, 0.3) is 0 Å². The van der Waals surface area contributed by atoms with Crippen molar-refractivity contribution in [2.24, 2.45) is 11.3 Å². The average molecular weight is 284 g/mol. The number of hydrogen-bond acceptors (Lipinski definition) is 3. The second kappa shape index (κ2) is 6.24. The number of aliphatic carboxylic acids is 1. The zero-order valence-corrected chi connectivity index (χ0v) is 12.5. The number of carboxylic acids is 1. The summed E-state index contributed by atoms with van der Waals surface area (Å²) in [5.74, 6) is -1.94. The smallest absolute Gasteiger partial charge is 0.308 e. The molecule has 0 aromatic rings. The van der Waals surface area contributed by atoms with Crippen LogP contribution in [0, 0.1) is 11.3 Å². The van der Waals surface area contributed by atoms with Crippen LogP contribution in [0.15, 0.2) is 0 Å². The van der Waals surface area contributed by atoms with Gasteiger partial charge in [-0.1, -0.05) is 27.2 Å². The summed E-state index contributed by atoms with van der Waals surface area (Å²) in [7, 11) is 0. The molecule has 0 spiro atoms. The summed E-state index contributed by atoms with van der Waals surface area (Å²) >= 11 is 0. The minimum absolute atomic E-state index is 0.207. The summed E-state index contributed by atoms with van der Waals surface area (Å²) < 4.78 is 0. The molecule has 6 nitrogen and oxygen atoms in total. The van der Waals surface area contributed by atoms with Crippen LogP contribution in [0.3, 0.4) is 0 Å². The third-order valence-electron chi connectivity index (χ3n) is 3.58. The number of amides is 2. The van der Waals surface area contributed by atoms with Gasteiger partial charge in [0.25, 0.3) is 0 Å². The molecule has 1 saturated carbocycles. The first-order chi connectivity index (χ1) is 9.12. The Labute approximate surface area is 119 Å². The quantitative estimate of drug-likeness (QED) is 0.715. The lowest BCUT2D eigenvalue weighted by Crippen LogP contribution is -2.51. The van der Waals surface area contributed by atoms with Gasteiger partial charge in [-0.25, -0.2) is 0 Å². The first kappa shape index (κ1) is 16.5. The Balaban J connectivity index is 2.54. The van der Waals surface area contributed by atoms with E-state index in [0.717, 1.165) is 6.42 Å². The Morgan fingerprint density at radius 3 is 2.30 bits per heavy atom. The molecule has 0 heterocycles. The van der Waals surface area contributed by atoms with E-state index in [1.165, 1.54) is 0 Å². The summed E-state index contributed by atoms with van der Waals surface area (Å²) in [6.07, 6.45) is 2.05. The summed E-state index contributed by atoms with van der Waals surface area (Å²) in [6.45, 7) is 6.91. The lowest BCUT2D eigenvalue weighted by atomic mass is 9.95. The molecule has 0 radical (unpaired) electrons. The van der Waals surface area contributed by atoms with Crippen molar-refractivity contribution in [1.29, 1.82) is 0 Å². The Morgan fingerprint density at radius 2 is 1.80 bits per heavy atom. The molecule has 1 aliphatic rings. The van der Waals surface area contributed by atoms with Gasteiger partial charge in [-0.15, -0.1) is 0 Å². The molecule has 3 N–H and O–H groups in total. The lowest BCUT2D eigenvalue weighted by molar-refractivity contribution is -0.142. The topological polar surface area (TPSA) is 95.5 Å². The fourth-order valence-corrected chi connectivity index (χ4v) is 2.21. The molecule has 3 atom stereocenters. The zero-order chi connectivity index (χ0) is 15.5. The first-order valence-corrected chi connectivity index (χ1v) is 6.97. The van der Waals surface area contributed by atoms with Crippen molar-refractivity contribution in [3.05, 3.63) is 0 Å². The van der Waals surface area contributed by atoms with Crippen LogP contribution in [0.4, 0.5) is 0 Å². The summed E-state index contributed by atoms with van der Waals surface area (Å²) in [5, 5.41) is 14.4. The van der Waals surface area contributed by atoms with Crippen LogP contribution in [0.5, 0.6) is 0 Å². The minimum Gasteiger partial charge on any atom is -0.481 e. The van der Waals surface area contributed by atoms with Crippen molar-refractivity contribution in [2.45, 2.75) is 59.0 Å². The number of nitrogens with one attached hydrogen (secondary N) is 2. The van der Waals surface area contributed by atoms with E-state index in [0.29, 0.717) is 12.8 Å². The van der Waals surface area contributed by atoms with Crippen molar-refractivity contribution in [2.75, 3.05) is 0 Å². The SMILES string of the molecule is CC(NC(=O)C(C)(C)C)C(=O)NC1CCCC1C(=O)O. The molecule has 1 rings (SSSR count). The molecule has 6 heteroatoms. The van der Waals surface area contributed by atoms with Gasteiger partial charge in [-0.2, -0.15) is 0 Å². The molecule has 0 saturated heterocycles. The van der Waals surface area contributed by atoms with E-state index in [1.54, 1.807) is 27.7 Å². The van der Waals surface area contributed by atoms with Crippen molar-refractivity contribution < 1.29 is 19.5 Å². The van der Waals surface area contributed by atoms with Crippen molar-refractivity contribution in [1.82, 2.24) is 10.6 Å². The molecule has 1 fully saturated rings. The third kappa shape index (κ3) is 4.21. The van der Waals surface area contributed by atoms with E-state index < -0.39 is 23.3 Å². The maximum Gasteiger partial charge on any atom is 0.308 e. The van der Waals surface area contributed by atoms with Gasteiger partial charge in [0.15, 0.2) is 0 Å². The molecule has 114 valence electrons. The van der Waals surface area contributed by atoms with Gasteiger partial charge in [0, 0.05) is 11.5 Å². The summed E-state index contributed by atoms with van der Waals surface area (Å²) in [5.41, 5.74) is -0.564. The summed E-state index contributed by atoms with van der Waals surface area (Å²) in [4.78, 5) is 34.9. The normalized spacial score (nSPS) is 24.0. The number of carbonyl (C=O) groups is 3. The lowest BCUT2D eigenvalue weighted by Gasteiger charge is -2.24. The first-order valence-electron chi connectivity index (χ1n) is 6.97. The number of hydrogen-bond donors (Lipinski definition) is 3. The predicted octanol–water partition coefficient (Wildman–Crippen LogP) is 0.907. The van der Waals surface area contributed by atoms with Crippen LogP contribution < -0.4 is 10.6 Å². The highest BCUT2D eigenvalue weighted by atomic mass is 16.4. The Morgan fingerprint density at radius 1 is 1.20 bits per heavy atom. The minimum atomic E-state index is -0.876. The van der Waals surface area contributed by atoms with Crippen molar-refractivity contribution in [3.63, 3.8) is 0 Å². The molecular formula is C14H24N2O4. The highest BCUT2D eigenvalue weighted by molar-refractivity contribution is 5.89. The molecule has 0 aromatic heterocycles. The second-order valence-corrected chi connectivity index (χ2v) is 6.44. The highest BCUT2D eigenvalue weighted by Gasteiger charge is 2.35. The van der Waals surface area contributed by atoms with Gasteiger partial charge in [0.1, 0.15) is 6.04 Å². The van der Waals surface area contributed by atoms with Gasteiger partial charge in [0.2, 0.25) is 11.8 Å². The van der Waals surface area contributed by atoms with Crippen LogP contribution >= 0.6 is 0 Å². The van der Waals surface area contributed by atoms with E-state index in [9.17, 15) is 14.4 Å². The molecule has 0 bridgehead atoms. The van der Waals surface area contributed by atoms with Crippen LogP contribution in [-0.4, -0.2) is 35.0 Å². The highest BCUT2D eigenvalue weighted by Crippen LogP contribution is 2.25. The Bertz CT molecular complexity index is 400. The number of carboxylic acid groups (broad SMARTS) is 1. The number of rotatable bonds is 4. The van der Waals surface area contributed by atoms with Crippen LogP contribution in [0.2, 0.25) is 0 Å². The second-order valence-electron chi connectivity index (χ2n) is 6.44. The van der Waals surface area contributed by atoms with Crippen molar-refractivity contribution >= 4 is 17.8 Å². The van der Waals surface area contributed by atoms with Gasteiger partial charge >= 0.3 is 5.97 Å². The van der Waals surface area contributed by atoms with Crippen LogP contribution in [0.1, 0.15) is 47.0 Å². The fraction of sp³-hybridized carbons (Fsp3) is 0.786. The predicted molar refractivity (Wildman–Crippen MR) is 74.0 cm³/mol. The van der Waals surface area contributed by atoms with Gasteiger partial charge in [0.05, 0.1) is 5.92 Å². The zero-order valence-electron chi connectivity index (χ0n) is 12.5. The average Bonchev–Trinajstić information content (AvgIpc) is 2.75. The van der Waals surface area contributed by atoms with Crippen molar-refractivity contribution in [3.8, 4) is 0 Å².